The summed E-state index contributed by atoms with van der Waals surface area (Å²) in [6.45, 7) is 4.53. The molecule has 1 saturated heterocycles. The summed E-state index contributed by atoms with van der Waals surface area (Å²) >= 11 is 0. The Bertz CT molecular complexity index is 546. The smallest absolute Gasteiger partial charge is 0.320 e. The largest absolute Gasteiger partial charge is 0.480 e. The first kappa shape index (κ1) is 24.0. The van der Waals surface area contributed by atoms with E-state index >= 15 is 0 Å². The van der Waals surface area contributed by atoms with Crippen LogP contribution in [-0.2, 0) is 19.2 Å². The number of aldehydes is 1. The van der Waals surface area contributed by atoms with Crippen molar-refractivity contribution in [2.75, 3.05) is 72.0 Å². The van der Waals surface area contributed by atoms with Crippen LogP contribution in [0.2, 0.25) is 0 Å². The third-order valence-electron chi connectivity index (χ3n) is 4.83. The van der Waals surface area contributed by atoms with Crippen LogP contribution in [0.3, 0.4) is 0 Å². The molecule has 160 valence electrons. The topological polar surface area (TPSA) is 142 Å². The second-order valence-electron chi connectivity index (χ2n) is 6.86. The maximum absolute atomic E-state index is 11.4. The second kappa shape index (κ2) is 12.4. The van der Waals surface area contributed by atoms with Crippen molar-refractivity contribution in [1.82, 2.24) is 19.6 Å². The SMILES string of the molecule is C[C@@H](C(=O)O)N1CCN(CC=O)CCN(CC(=O)O)CCN(CC(=O)O)CC1. The van der Waals surface area contributed by atoms with Crippen molar-refractivity contribution >= 4 is 24.2 Å². The maximum Gasteiger partial charge on any atom is 0.320 e. The third-order valence-corrected chi connectivity index (χ3v) is 4.83. The van der Waals surface area contributed by atoms with Gasteiger partial charge in [-0.25, -0.2) is 0 Å². The molecule has 1 aliphatic rings. The minimum absolute atomic E-state index is 0.169. The summed E-state index contributed by atoms with van der Waals surface area (Å²) in [5, 5.41) is 27.6. The summed E-state index contributed by atoms with van der Waals surface area (Å²) in [5.41, 5.74) is 0. The molecular formula is C17H30N4O7. The fourth-order valence-electron chi connectivity index (χ4n) is 3.08. The molecule has 1 heterocycles. The highest BCUT2D eigenvalue weighted by Crippen LogP contribution is 2.04. The van der Waals surface area contributed by atoms with E-state index in [1.165, 1.54) is 0 Å². The van der Waals surface area contributed by atoms with E-state index in [4.69, 9.17) is 10.2 Å². The van der Waals surface area contributed by atoms with Crippen LogP contribution in [0.1, 0.15) is 6.92 Å². The molecular weight excluding hydrogens is 372 g/mol. The van der Waals surface area contributed by atoms with Crippen molar-refractivity contribution in [3.63, 3.8) is 0 Å². The number of carbonyl (C=O) groups is 4. The van der Waals surface area contributed by atoms with E-state index in [2.05, 4.69) is 0 Å². The van der Waals surface area contributed by atoms with Gasteiger partial charge in [-0.3, -0.25) is 34.0 Å². The Morgan fingerprint density at radius 2 is 1.18 bits per heavy atom. The van der Waals surface area contributed by atoms with Gasteiger partial charge in [0.25, 0.3) is 0 Å². The molecule has 3 N–H and O–H groups in total. The Kier molecular flexibility index (Phi) is 10.6. The van der Waals surface area contributed by atoms with Crippen LogP contribution in [-0.4, -0.2) is 137 Å². The fourth-order valence-corrected chi connectivity index (χ4v) is 3.08. The highest BCUT2D eigenvalue weighted by molar-refractivity contribution is 5.73. The molecule has 0 spiro atoms. The van der Waals surface area contributed by atoms with Crippen LogP contribution < -0.4 is 0 Å². The van der Waals surface area contributed by atoms with Crippen molar-refractivity contribution < 1.29 is 34.5 Å². The lowest BCUT2D eigenvalue weighted by molar-refractivity contribution is -0.143. The molecule has 1 rings (SSSR count). The quantitative estimate of drug-likeness (QED) is 0.390. The molecule has 1 atom stereocenters. The third kappa shape index (κ3) is 9.22. The van der Waals surface area contributed by atoms with Crippen LogP contribution >= 0.6 is 0 Å². The van der Waals surface area contributed by atoms with Crippen molar-refractivity contribution in [2.24, 2.45) is 0 Å². The maximum atomic E-state index is 11.4. The number of hydrogen-bond donors (Lipinski definition) is 3. The van der Waals surface area contributed by atoms with Crippen molar-refractivity contribution in [2.45, 2.75) is 13.0 Å². The normalized spacial score (nSPS) is 20.6. The lowest BCUT2D eigenvalue weighted by Crippen LogP contribution is -2.50. The van der Waals surface area contributed by atoms with Gasteiger partial charge in [-0.15, -0.1) is 0 Å². The molecule has 28 heavy (non-hydrogen) atoms. The minimum atomic E-state index is -0.994. The van der Waals surface area contributed by atoms with E-state index in [-0.39, 0.29) is 19.6 Å². The summed E-state index contributed by atoms with van der Waals surface area (Å²) in [4.78, 5) is 51.6. The molecule has 1 aliphatic heterocycles. The first-order valence-corrected chi connectivity index (χ1v) is 9.24. The van der Waals surface area contributed by atoms with Gasteiger partial charge < -0.3 is 20.1 Å². The highest BCUT2D eigenvalue weighted by Gasteiger charge is 2.24. The molecule has 0 bridgehead atoms. The number of carboxylic acid groups (broad SMARTS) is 3. The van der Waals surface area contributed by atoms with Crippen LogP contribution in [0.5, 0.6) is 0 Å². The molecule has 0 aromatic rings. The van der Waals surface area contributed by atoms with E-state index in [0.29, 0.717) is 52.4 Å². The Hall–Kier alpha value is -2.08. The Morgan fingerprint density at radius 3 is 1.57 bits per heavy atom. The average Bonchev–Trinajstić information content (AvgIpc) is 2.60. The molecule has 0 saturated carbocycles. The lowest BCUT2D eigenvalue weighted by atomic mass is 10.2. The van der Waals surface area contributed by atoms with Crippen molar-refractivity contribution in [3.8, 4) is 0 Å². The van der Waals surface area contributed by atoms with Gasteiger partial charge in [0, 0.05) is 52.4 Å². The standard InChI is InChI=1S/C17H30N4O7/c1-14(17(27)28)21-8-6-18(10-11-22)2-3-19(12-15(23)24)4-5-20(7-9-21)13-16(25)26/h11,14H,2-10,12-13H2,1H3,(H,23,24)(H,25,26)(H,27,28)/t14-/m0/s1. The Morgan fingerprint density at radius 1 is 0.786 bits per heavy atom. The zero-order valence-corrected chi connectivity index (χ0v) is 16.2. The number of nitrogens with zero attached hydrogens (tertiary/aromatic N) is 4. The van der Waals surface area contributed by atoms with Gasteiger partial charge in [-0.05, 0) is 6.92 Å². The van der Waals surface area contributed by atoms with E-state index in [9.17, 15) is 24.3 Å². The minimum Gasteiger partial charge on any atom is -0.480 e. The van der Waals surface area contributed by atoms with E-state index < -0.39 is 23.9 Å². The zero-order chi connectivity index (χ0) is 21.1. The van der Waals surface area contributed by atoms with Crippen LogP contribution in [0.4, 0.5) is 0 Å². The van der Waals surface area contributed by atoms with Crippen molar-refractivity contribution in [3.05, 3.63) is 0 Å². The van der Waals surface area contributed by atoms with Crippen LogP contribution in [0.15, 0.2) is 0 Å². The predicted molar refractivity (Wildman–Crippen MR) is 99.3 cm³/mol. The van der Waals surface area contributed by atoms with Crippen LogP contribution in [0, 0.1) is 0 Å². The molecule has 0 aromatic carbocycles. The molecule has 0 unspecified atom stereocenters. The lowest BCUT2D eigenvalue weighted by Gasteiger charge is -2.34. The van der Waals surface area contributed by atoms with E-state index in [1.54, 1.807) is 21.6 Å². The second-order valence-corrected chi connectivity index (χ2v) is 6.86. The van der Waals surface area contributed by atoms with Gasteiger partial charge in [-0.1, -0.05) is 0 Å². The van der Waals surface area contributed by atoms with Crippen LogP contribution in [0.25, 0.3) is 0 Å². The van der Waals surface area contributed by atoms with E-state index in [0.717, 1.165) is 6.29 Å². The first-order chi connectivity index (χ1) is 13.2. The van der Waals surface area contributed by atoms with Gasteiger partial charge >= 0.3 is 17.9 Å². The fraction of sp³-hybridized carbons (Fsp3) is 0.765. The summed E-state index contributed by atoms with van der Waals surface area (Å²) in [7, 11) is 0. The summed E-state index contributed by atoms with van der Waals surface area (Å²) in [6.07, 6.45) is 0.771. The van der Waals surface area contributed by atoms with Gasteiger partial charge in [0.1, 0.15) is 12.3 Å². The van der Waals surface area contributed by atoms with Gasteiger partial charge in [0.05, 0.1) is 19.6 Å². The first-order valence-electron chi connectivity index (χ1n) is 9.24. The summed E-state index contributed by atoms with van der Waals surface area (Å²) in [5.74, 6) is -2.93. The number of aliphatic carboxylic acids is 3. The average molecular weight is 402 g/mol. The number of carboxylic acids is 3. The molecule has 11 nitrogen and oxygen atoms in total. The monoisotopic (exact) mass is 402 g/mol. The highest BCUT2D eigenvalue weighted by atomic mass is 16.4. The van der Waals surface area contributed by atoms with Gasteiger partial charge in [-0.2, -0.15) is 0 Å². The molecule has 1 fully saturated rings. The summed E-state index contributed by atoms with van der Waals surface area (Å²) < 4.78 is 0. The summed E-state index contributed by atoms with van der Waals surface area (Å²) in [6, 6.07) is -0.740. The predicted octanol–water partition coefficient (Wildman–Crippen LogP) is -1.95. The zero-order valence-electron chi connectivity index (χ0n) is 16.2. The van der Waals surface area contributed by atoms with Gasteiger partial charge in [0.15, 0.2) is 0 Å². The number of hydrogen-bond acceptors (Lipinski definition) is 8. The Balaban J connectivity index is 2.94. The molecule has 0 radical (unpaired) electrons. The Labute approximate surface area is 164 Å². The molecule has 11 heteroatoms. The number of rotatable bonds is 8. The number of carbonyl (C=O) groups excluding carboxylic acids is 1. The molecule has 0 aliphatic carbocycles. The van der Waals surface area contributed by atoms with E-state index in [1.807, 2.05) is 4.90 Å². The van der Waals surface area contributed by atoms with Gasteiger partial charge in [0.2, 0.25) is 0 Å². The molecule has 0 amide bonds. The molecule has 0 aromatic heterocycles. The van der Waals surface area contributed by atoms with Crippen molar-refractivity contribution in [1.29, 1.82) is 0 Å².